The zero-order valence-corrected chi connectivity index (χ0v) is 18.1. The molecule has 1 heterocycles. The van der Waals surface area contributed by atoms with Gasteiger partial charge in [0, 0.05) is 10.7 Å². The molecule has 0 aromatic heterocycles. The number of carbonyl (C=O) groups excluding carboxylic acids is 1. The van der Waals surface area contributed by atoms with Gasteiger partial charge in [-0.05, 0) is 61.3 Å². The van der Waals surface area contributed by atoms with Gasteiger partial charge in [-0.25, -0.2) is 0 Å². The van der Waals surface area contributed by atoms with E-state index in [1.54, 1.807) is 19.1 Å². The molecule has 0 saturated heterocycles. The van der Waals surface area contributed by atoms with Gasteiger partial charge in [-0.15, -0.1) is 0 Å². The number of hydrazone groups is 1. The molecule has 0 bridgehead atoms. The average molecular weight is 447 g/mol. The van der Waals surface area contributed by atoms with Crippen molar-refractivity contribution >= 4 is 23.2 Å². The summed E-state index contributed by atoms with van der Waals surface area (Å²) >= 11 is 5.94. The van der Waals surface area contributed by atoms with Crippen LogP contribution in [0.4, 0.5) is 13.2 Å². The van der Waals surface area contributed by atoms with Gasteiger partial charge in [0.1, 0.15) is 5.75 Å². The molecule has 0 radical (unpaired) electrons. The standard InChI is InChI=1S/C21H26ClF3N2O3/c1-12-9-14(6-7-16(12)22)30-11-18(28)27-20(29,21(23,24)25)15-10-13(19(2,3)4)5-8-17(15)26-27/h6-7,9,13,15,29H,5,8,10-11H2,1-4H3/t13-,15-,20-/m0/s1. The quantitative estimate of drug-likeness (QED) is 0.715. The molecule has 1 amide bonds. The van der Waals surface area contributed by atoms with E-state index in [0.29, 0.717) is 23.4 Å². The molecule has 5 nitrogen and oxygen atoms in total. The normalized spacial score (nSPS) is 27.0. The van der Waals surface area contributed by atoms with Crippen LogP contribution >= 0.6 is 11.6 Å². The van der Waals surface area contributed by atoms with E-state index in [2.05, 4.69) is 5.10 Å². The molecule has 1 fully saturated rings. The Morgan fingerprint density at radius 2 is 2.03 bits per heavy atom. The molecule has 3 atom stereocenters. The highest BCUT2D eigenvalue weighted by Gasteiger charge is 2.69. The molecule has 1 aliphatic carbocycles. The number of benzene rings is 1. The van der Waals surface area contributed by atoms with Gasteiger partial charge in [0.25, 0.3) is 11.6 Å². The number of alkyl halides is 3. The van der Waals surface area contributed by atoms with Crippen LogP contribution in [-0.4, -0.2) is 40.2 Å². The van der Waals surface area contributed by atoms with Gasteiger partial charge in [-0.2, -0.15) is 23.3 Å². The lowest BCUT2D eigenvalue weighted by atomic mass is 9.66. The Hall–Kier alpha value is -1.80. The number of carbonyl (C=O) groups is 1. The first-order valence-electron chi connectivity index (χ1n) is 9.83. The van der Waals surface area contributed by atoms with E-state index in [4.69, 9.17) is 16.3 Å². The number of aryl methyl sites for hydroxylation is 1. The number of amides is 1. The Balaban J connectivity index is 1.83. The number of nitrogens with zero attached hydrogens (tertiary/aromatic N) is 2. The van der Waals surface area contributed by atoms with Gasteiger partial charge in [0.15, 0.2) is 6.61 Å². The van der Waals surface area contributed by atoms with E-state index in [1.165, 1.54) is 6.07 Å². The SMILES string of the molecule is Cc1cc(OCC(=O)N2N=C3CC[C@H](C(C)(C)C)C[C@@H]3[C@]2(O)C(F)(F)F)ccc1Cl. The maximum Gasteiger partial charge on any atom is 0.439 e. The van der Waals surface area contributed by atoms with Crippen LogP contribution in [0.5, 0.6) is 5.75 Å². The molecule has 0 unspecified atom stereocenters. The van der Waals surface area contributed by atoms with Crippen molar-refractivity contribution in [2.45, 2.75) is 58.9 Å². The smallest absolute Gasteiger partial charge is 0.439 e. The largest absolute Gasteiger partial charge is 0.484 e. The topological polar surface area (TPSA) is 62.1 Å². The summed E-state index contributed by atoms with van der Waals surface area (Å²) in [5.41, 5.74) is -2.67. The molecule has 1 aromatic carbocycles. The second-order valence-electron chi connectivity index (χ2n) is 9.11. The predicted octanol–water partition coefficient (Wildman–Crippen LogP) is 4.94. The fourth-order valence-electron chi connectivity index (χ4n) is 4.17. The summed E-state index contributed by atoms with van der Waals surface area (Å²) in [6.07, 6.45) is -3.98. The molecular formula is C21H26ClF3N2O3. The Bertz CT molecular complexity index is 866. The van der Waals surface area contributed by atoms with Crippen LogP contribution in [0.2, 0.25) is 5.02 Å². The van der Waals surface area contributed by atoms with Gasteiger partial charge >= 0.3 is 6.18 Å². The molecule has 1 aliphatic heterocycles. The molecule has 2 aliphatic rings. The second-order valence-corrected chi connectivity index (χ2v) is 9.52. The molecule has 9 heteroatoms. The highest BCUT2D eigenvalue weighted by Crippen LogP contribution is 2.51. The van der Waals surface area contributed by atoms with Crippen molar-refractivity contribution in [1.29, 1.82) is 0 Å². The summed E-state index contributed by atoms with van der Waals surface area (Å²) in [5, 5.41) is 15.4. The van der Waals surface area contributed by atoms with Gasteiger partial charge in [-0.3, -0.25) is 4.79 Å². The number of aliphatic hydroxyl groups is 1. The summed E-state index contributed by atoms with van der Waals surface area (Å²) in [7, 11) is 0. The van der Waals surface area contributed by atoms with Crippen LogP contribution in [0, 0.1) is 24.2 Å². The molecule has 30 heavy (non-hydrogen) atoms. The van der Waals surface area contributed by atoms with E-state index in [9.17, 15) is 23.1 Å². The molecule has 1 saturated carbocycles. The predicted molar refractivity (Wildman–Crippen MR) is 107 cm³/mol. The fraction of sp³-hybridized carbons (Fsp3) is 0.619. The minimum atomic E-state index is -5.06. The number of ether oxygens (including phenoxy) is 1. The zero-order valence-electron chi connectivity index (χ0n) is 17.4. The maximum atomic E-state index is 14.0. The molecule has 1 aromatic rings. The van der Waals surface area contributed by atoms with Gasteiger partial charge < -0.3 is 9.84 Å². The Labute approximate surface area is 178 Å². The Morgan fingerprint density at radius 1 is 1.37 bits per heavy atom. The summed E-state index contributed by atoms with van der Waals surface area (Å²) in [6, 6.07) is 4.66. The lowest BCUT2D eigenvalue weighted by Crippen LogP contribution is -2.62. The van der Waals surface area contributed by atoms with Crippen molar-refractivity contribution in [3.63, 3.8) is 0 Å². The van der Waals surface area contributed by atoms with Crippen LogP contribution in [0.25, 0.3) is 0 Å². The lowest BCUT2D eigenvalue weighted by molar-refractivity contribution is -0.318. The molecule has 0 spiro atoms. The Kier molecular flexibility index (Phi) is 5.88. The van der Waals surface area contributed by atoms with Crippen molar-refractivity contribution in [2.24, 2.45) is 22.4 Å². The number of hydrogen-bond acceptors (Lipinski definition) is 4. The minimum absolute atomic E-state index is 0.0290. The van der Waals surface area contributed by atoms with Crippen LogP contribution in [0.1, 0.15) is 45.6 Å². The van der Waals surface area contributed by atoms with Crippen LogP contribution in [0.15, 0.2) is 23.3 Å². The minimum Gasteiger partial charge on any atom is -0.484 e. The summed E-state index contributed by atoms with van der Waals surface area (Å²) < 4.78 is 47.5. The fourth-order valence-corrected chi connectivity index (χ4v) is 4.28. The van der Waals surface area contributed by atoms with Crippen LogP contribution < -0.4 is 4.74 Å². The number of rotatable bonds is 3. The highest BCUT2D eigenvalue weighted by molar-refractivity contribution is 6.31. The van der Waals surface area contributed by atoms with E-state index in [0.717, 1.165) is 0 Å². The van der Waals surface area contributed by atoms with Crippen molar-refractivity contribution in [3.05, 3.63) is 28.8 Å². The summed E-state index contributed by atoms with van der Waals surface area (Å²) in [4.78, 5) is 12.7. The third kappa shape index (κ3) is 4.04. The first-order valence-corrected chi connectivity index (χ1v) is 10.2. The second kappa shape index (κ2) is 7.71. The maximum absolute atomic E-state index is 14.0. The van der Waals surface area contributed by atoms with Crippen molar-refractivity contribution in [2.75, 3.05) is 6.61 Å². The zero-order chi connectivity index (χ0) is 22.5. The van der Waals surface area contributed by atoms with Gasteiger partial charge in [0.2, 0.25) is 0 Å². The summed E-state index contributed by atoms with van der Waals surface area (Å²) in [5.74, 6) is -2.08. The van der Waals surface area contributed by atoms with Crippen molar-refractivity contribution in [1.82, 2.24) is 5.01 Å². The van der Waals surface area contributed by atoms with Gasteiger partial charge in [0.05, 0.1) is 5.92 Å². The average Bonchev–Trinajstić information content (AvgIpc) is 2.95. The van der Waals surface area contributed by atoms with E-state index in [1.807, 2.05) is 20.8 Å². The van der Waals surface area contributed by atoms with E-state index in [-0.39, 0.29) is 34.2 Å². The Morgan fingerprint density at radius 3 is 2.60 bits per heavy atom. The molecule has 166 valence electrons. The molecule has 1 N–H and O–H groups in total. The molecular weight excluding hydrogens is 421 g/mol. The van der Waals surface area contributed by atoms with Crippen LogP contribution in [-0.2, 0) is 4.79 Å². The number of fused-ring (bicyclic) bond motifs is 1. The monoisotopic (exact) mass is 446 g/mol. The third-order valence-electron chi connectivity index (χ3n) is 6.08. The third-order valence-corrected chi connectivity index (χ3v) is 6.50. The van der Waals surface area contributed by atoms with Crippen molar-refractivity contribution in [3.8, 4) is 5.75 Å². The lowest BCUT2D eigenvalue weighted by Gasteiger charge is -2.42. The molecule has 3 rings (SSSR count). The first-order chi connectivity index (χ1) is 13.7. The number of hydrogen-bond donors (Lipinski definition) is 1. The van der Waals surface area contributed by atoms with Crippen LogP contribution in [0.3, 0.4) is 0 Å². The summed E-state index contributed by atoms with van der Waals surface area (Å²) in [6.45, 7) is 6.94. The highest BCUT2D eigenvalue weighted by atomic mass is 35.5. The van der Waals surface area contributed by atoms with Crippen molar-refractivity contribution < 1.29 is 27.8 Å². The van der Waals surface area contributed by atoms with E-state index < -0.39 is 30.3 Å². The van der Waals surface area contributed by atoms with Gasteiger partial charge in [-0.1, -0.05) is 32.4 Å². The number of halogens is 4. The van der Waals surface area contributed by atoms with E-state index >= 15 is 0 Å². The first kappa shape index (κ1) is 22.9.